The van der Waals surface area contributed by atoms with Gasteiger partial charge in [0.15, 0.2) is 5.82 Å². The monoisotopic (exact) mass is 450 g/mol. The maximum absolute atomic E-state index is 13.6. The highest BCUT2D eigenvalue weighted by molar-refractivity contribution is 6.29. The SMILES string of the molecule is CC(c1ncnn1-c1ncccn1)N(CC1CC1)C(=O)c1cc(C(C)(C)C#N)cc(Cl)n1. The lowest BCUT2D eigenvalue weighted by atomic mass is 9.86. The van der Waals surface area contributed by atoms with Gasteiger partial charge in [0.05, 0.1) is 17.5 Å². The van der Waals surface area contributed by atoms with Gasteiger partial charge in [0.2, 0.25) is 0 Å². The molecule has 0 saturated heterocycles. The molecule has 4 rings (SSSR count). The minimum absolute atomic E-state index is 0.175. The topological polar surface area (TPSA) is 113 Å². The van der Waals surface area contributed by atoms with E-state index in [9.17, 15) is 10.1 Å². The number of carbonyl (C=O) groups excluding carboxylic acids is 1. The molecular weight excluding hydrogens is 428 g/mol. The normalized spacial score (nSPS) is 14.6. The van der Waals surface area contributed by atoms with Gasteiger partial charge in [0.25, 0.3) is 11.9 Å². The van der Waals surface area contributed by atoms with Crippen LogP contribution in [0.15, 0.2) is 36.9 Å². The van der Waals surface area contributed by atoms with Crippen molar-refractivity contribution >= 4 is 17.5 Å². The zero-order valence-electron chi connectivity index (χ0n) is 18.1. The number of halogens is 1. The molecule has 1 aliphatic carbocycles. The molecule has 1 unspecified atom stereocenters. The van der Waals surface area contributed by atoms with Gasteiger partial charge in [0.1, 0.15) is 17.2 Å². The molecule has 0 aliphatic heterocycles. The predicted molar refractivity (Wildman–Crippen MR) is 117 cm³/mol. The lowest BCUT2D eigenvalue weighted by Gasteiger charge is -2.29. The molecule has 0 spiro atoms. The third-order valence-electron chi connectivity index (χ3n) is 5.58. The molecule has 10 heteroatoms. The van der Waals surface area contributed by atoms with Crippen LogP contribution in [0.1, 0.15) is 61.5 Å². The number of amides is 1. The average Bonchev–Trinajstić information content (AvgIpc) is 3.49. The molecule has 1 amide bonds. The van der Waals surface area contributed by atoms with Crippen LogP contribution >= 0.6 is 11.6 Å². The summed E-state index contributed by atoms with van der Waals surface area (Å²) in [5.74, 6) is 1.08. The van der Waals surface area contributed by atoms with E-state index in [1.807, 2.05) is 6.92 Å². The van der Waals surface area contributed by atoms with Gasteiger partial charge in [0, 0.05) is 18.9 Å². The van der Waals surface area contributed by atoms with Crippen LogP contribution in [0.25, 0.3) is 5.95 Å². The molecule has 3 aromatic rings. The predicted octanol–water partition coefficient (Wildman–Crippen LogP) is 3.52. The van der Waals surface area contributed by atoms with Crippen LogP contribution in [0.3, 0.4) is 0 Å². The van der Waals surface area contributed by atoms with Crippen molar-refractivity contribution in [1.82, 2.24) is 34.6 Å². The van der Waals surface area contributed by atoms with Gasteiger partial charge in [-0.2, -0.15) is 15.0 Å². The molecule has 0 bridgehead atoms. The number of carbonyl (C=O) groups is 1. The second-order valence-corrected chi connectivity index (χ2v) is 8.84. The fourth-order valence-corrected chi connectivity index (χ4v) is 3.61. The Kier molecular flexibility index (Phi) is 5.89. The van der Waals surface area contributed by atoms with Crippen molar-refractivity contribution in [3.63, 3.8) is 0 Å². The van der Waals surface area contributed by atoms with E-state index < -0.39 is 11.5 Å². The van der Waals surface area contributed by atoms with Crippen LogP contribution in [0.5, 0.6) is 0 Å². The molecule has 9 nitrogen and oxygen atoms in total. The van der Waals surface area contributed by atoms with Gasteiger partial charge in [-0.3, -0.25) is 4.79 Å². The molecule has 0 radical (unpaired) electrons. The number of aromatic nitrogens is 6. The van der Waals surface area contributed by atoms with E-state index in [4.69, 9.17) is 11.6 Å². The van der Waals surface area contributed by atoms with Crippen molar-refractivity contribution in [2.24, 2.45) is 5.92 Å². The Bertz CT molecular complexity index is 1170. The number of rotatable bonds is 7. The maximum atomic E-state index is 13.6. The van der Waals surface area contributed by atoms with E-state index in [1.54, 1.807) is 49.3 Å². The molecule has 0 N–H and O–H groups in total. The van der Waals surface area contributed by atoms with Crippen molar-refractivity contribution in [2.45, 2.75) is 45.1 Å². The van der Waals surface area contributed by atoms with E-state index in [2.05, 4.69) is 31.1 Å². The second-order valence-electron chi connectivity index (χ2n) is 8.46. The number of hydrogen-bond donors (Lipinski definition) is 0. The first kappa shape index (κ1) is 21.8. The highest BCUT2D eigenvalue weighted by Crippen LogP contribution is 2.34. The van der Waals surface area contributed by atoms with E-state index >= 15 is 0 Å². The molecule has 1 fully saturated rings. The first-order valence-electron chi connectivity index (χ1n) is 10.4. The van der Waals surface area contributed by atoms with Crippen molar-refractivity contribution < 1.29 is 4.79 Å². The molecule has 164 valence electrons. The summed E-state index contributed by atoms with van der Waals surface area (Å²) in [6.07, 6.45) is 6.81. The molecule has 0 aromatic carbocycles. The summed E-state index contributed by atoms with van der Waals surface area (Å²) in [4.78, 5) is 32.5. The van der Waals surface area contributed by atoms with E-state index in [1.165, 1.54) is 11.0 Å². The molecule has 3 heterocycles. The summed E-state index contributed by atoms with van der Waals surface area (Å²) in [7, 11) is 0. The fraction of sp³-hybridized carbons (Fsp3) is 0.409. The van der Waals surface area contributed by atoms with Crippen molar-refractivity contribution in [3.05, 3.63) is 59.2 Å². The van der Waals surface area contributed by atoms with Gasteiger partial charge in [-0.1, -0.05) is 11.6 Å². The maximum Gasteiger partial charge on any atom is 0.273 e. The van der Waals surface area contributed by atoms with Gasteiger partial charge < -0.3 is 4.90 Å². The summed E-state index contributed by atoms with van der Waals surface area (Å²) in [6, 6.07) is 6.82. The zero-order valence-corrected chi connectivity index (χ0v) is 18.9. The van der Waals surface area contributed by atoms with Crippen LogP contribution in [0.2, 0.25) is 5.15 Å². The van der Waals surface area contributed by atoms with Gasteiger partial charge in [-0.15, -0.1) is 0 Å². The summed E-state index contributed by atoms with van der Waals surface area (Å²) >= 11 is 6.23. The molecule has 1 saturated carbocycles. The van der Waals surface area contributed by atoms with Crippen molar-refractivity contribution in [2.75, 3.05) is 6.54 Å². The fourth-order valence-electron chi connectivity index (χ4n) is 3.40. The van der Waals surface area contributed by atoms with E-state index in [0.717, 1.165) is 12.8 Å². The lowest BCUT2D eigenvalue weighted by Crippen LogP contribution is -2.37. The van der Waals surface area contributed by atoms with Crippen molar-refractivity contribution in [3.8, 4) is 12.0 Å². The molecule has 1 aliphatic rings. The minimum atomic E-state index is -0.806. The van der Waals surface area contributed by atoms with E-state index in [-0.39, 0.29) is 16.8 Å². The molecule has 32 heavy (non-hydrogen) atoms. The standard InChI is InChI=1S/C22H23ClN8O/c1-14(19-27-13-28-31(19)21-25-7-4-8-26-21)30(11-15-5-6-15)20(32)17-9-16(10-18(23)29-17)22(2,3)12-24/h4,7-10,13-15H,5-6,11H2,1-3H3. The van der Waals surface area contributed by atoms with Crippen LogP contribution in [0.4, 0.5) is 0 Å². The third-order valence-corrected chi connectivity index (χ3v) is 5.78. The second kappa shape index (κ2) is 8.63. The highest BCUT2D eigenvalue weighted by Gasteiger charge is 2.34. The van der Waals surface area contributed by atoms with Crippen LogP contribution in [0, 0.1) is 17.2 Å². The van der Waals surface area contributed by atoms with Crippen LogP contribution in [-0.2, 0) is 5.41 Å². The first-order chi connectivity index (χ1) is 15.3. The quantitative estimate of drug-likeness (QED) is 0.506. The number of nitrogens with zero attached hydrogens (tertiary/aromatic N) is 8. The van der Waals surface area contributed by atoms with E-state index in [0.29, 0.717) is 29.8 Å². The Morgan fingerprint density at radius 3 is 2.69 bits per heavy atom. The Morgan fingerprint density at radius 1 is 1.31 bits per heavy atom. The van der Waals surface area contributed by atoms with Gasteiger partial charge >= 0.3 is 0 Å². The van der Waals surface area contributed by atoms with Crippen LogP contribution < -0.4 is 0 Å². The summed E-state index contributed by atoms with van der Waals surface area (Å²) in [6.45, 7) is 6.02. The molecule has 3 aromatic heterocycles. The molecule has 1 atom stereocenters. The first-order valence-corrected chi connectivity index (χ1v) is 10.8. The number of pyridine rings is 1. The van der Waals surface area contributed by atoms with Gasteiger partial charge in [-0.05, 0) is 63.3 Å². The zero-order chi connectivity index (χ0) is 22.9. The number of nitriles is 1. The summed E-state index contributed by atoms with van der Waals surface area (Å²) in [5, 5.41) is 14.0. The molecular formula is C22H23ClN8O. The minimum Gasteiger partial charge on any atom is -0.327 e. The average molecular weight is 451 g/mol. The smallest absolute Gasteiger partial charge is 0.273 e. The lowest BCUT2D eigenvalue weighted by molar-refractivity contribution is 0.0664. The highest BCUT2D eigenvalue weighted by atomic mass is 35.5. The van der Waals surface area contributed by atoms with Gasteiger partial charge in [-0.25, -0.2) is 19.9 Å². The Balaban J connectivity index is 1.71. The Labute approximate surface area is 191 Å². The van der Waals surface area contributed by atoms with Crippen molar-refractivity contribution in [1.29, 1.82) is 5.26 Å². The Morgan fingerprint density at radius 2 is 2.03 bits per heavy atom. The summed E-state index contributed by atoms with van der Waals surface area (Å²) in [5.41, 5.74) is 0.0351. The number of hydrogen-bond acceptors (Lipinski definition) is 7. The van der Waals surface area contributed by atoms with Crippen LogP contribution in [-0.4, -0.2) is 47.1 Å². The third kappa shape index (κ3) is 4.46. The largest absolute Gasteiger partial charge is 0.327 e. The summed E-state index contributed by atoms with van der Waals surface area (Å²) < 4.78 is 1.54. The Hall–Kier alpha value is -3.38.